The van der Waals surface area contributed by atoms with Crippen LogP contribution in [0.3, 0.4) is 0 Å². The molecule has 1 saturated heterocycles. The van der Waals surface area contributed by atoms with Gasteiger partial charge in [0.25, 0.3) is 5.69 Å². The molecule has 6 nitrogen and oxygen atoms in total. The van der Waals surface area contributed by atoms with Crippen LogP contribution in [-0.2, 0) is 6.61 Å². The number of benzene rings is 3. The first-order valence-electron chi connectivity index (χ1n) is 12.0. The highest BCUT2D eigenvalue weighted by Gasteiger charge is 2.56. The van der Waals surface area contributed by atoms with Gasteiger partial charge in [-0.05, 0) is 36.1 Å². The van der Waals surface area contributed by atoms with Gasteiger partial charge in [-0.1, -0.05) is 73.9 Å². The number of non-ortho nitro benzene ring substituents is 1. The summed E-state index contributed by atoms with van der Waals surface area (Å²) in [5.74, 6) is 0.645. The van der Waals surface area contributed by atoms with Crippen molar-refractivity contribution in [3.63, 3.8) is 0 Å². The van der Waals surface area contributed by atoms with Crippen LogP contribution in [0.4, 0.5) is 5.69 Å². The number of hydrogen-bond donors (Lipinski definition) is 0. The van der Waals surface area contributed by atoms with Crippen molar-refractivity contribution in [2.75, 3.05) is 0 Å². The van der Waals surface area contributed by atoms with E-state index in [0.717, 1.165) is 24.0 Å². The maximum atomic E-state index is 13.8. The summed E-state index contributed by atoms with van der Waals surface area (Å²) in [6, 6.07) is 24.0. The van der Waals surface area contributed by atoms with Crippen LogP contribution in [0.15, 0.2) is 78.9 Å². The van der Waals surface area contributed by atoms with E-state index in [1.807, 2.05) is 54.6 Å². The van der Waals surface area contributed by atoms with Crippen LogP contribution in [0.2, 0.25) is 0 Å². The second kappa shape index (κ2) is 9.77. The molecular formula is C28H28N2O4. The smallest absolute Gasteiger partial charge is 0.269 e. The lowest BCUT2D eigenvalue weighted by atomic mass is 9.95. The molecule has 6 heteroatoms. The quantitative estimate of drug-likeness (QED) is 0.177. The van der Waals surface area contributed by atoms with Crippen LogP contribution in [0, 0.1) is 10.1 Å². The number of para-hydroxylation sites is 1. The fourth-order valence-corrected chi connectivity index (χ4v) is 5.20. The van der Waals surface area contributed by atoms with Crippen molar-refractivity contribution in [2.24, 2.45) is 0 Å². The molecule has 0 spiro atoms. The Morgan fingerprint density at radius 3 is 2.29 bits per heavy atom. The SMILES string of the molecule is O=C(c1ccccc1OCc1ccccc1)C1C(c2ccc([N+](=O)[O-])cc2)N1C1CCCCC1. The van der Waals surface area contributed by atoms with Gasteiger partial charge >= 0.3 is 0 Å². The molecule has 3 aromatic rings. The van der Waals surface area contributed by atoms with Crippen LogP contribution in [0.5, 0.6) is 5.75 Å². The zero-order chi connectivity index (χ0) is 23.5. The Kier molecular flexibility index (Phi) is 6.41. The second-order valence-electron chi connectivity index (χ2n) is 9.11. The van der Waals surface area contributed by atoms with Crippen LogP contribution in [0.1, 0.15) is 59.6 Å². The molecule has 0 radical (unpaired) electrons. The van der Waals surface area contributed by atoms with Gasteiger partial charge in [0.1, 0.15) is 12.4 Å². The maximum absolute atomic E-state index is 13.8. The normalized spacial score (nSPS) is 22.2. The average Bonchev–Trinajstić information content (AvgIpc) is 3.64. The van der Waals surface area contributed by atoms with Crippen molar-refractivity contribution in [3.05, 3.63) is 106 Å². The first-order valence-corrected chi connectivity index (χ1v) is 12.0. The monoisotopic (exact) mass is 456 g/mol. The van der Waals surface area contributed by atoms with E-state index in [1.54, 1.807) is 12.1 Å². The highest BCUT2D eigenvalue weighted by molar-refractivity contribution is 6.04. The van der Waals surface area contributed by atoms with Crippen LogP contribution >= 0.6 is 0 Å². The summed E-state index contributed by atoms with van der Waals surface area (Å²) in [5, 5.41) is 11.1. The van der Waals surface area contributed by atoms with Crippen LogP contribution in [0.25, 0.3) is 0 Å². The van der Waals surface area contributed by atoms with E-state index in [2.05, 4.69) is 4.90 Å². The number of nitrogens with zero attached hydrogens (tertiary/aromatic N) is 2. The summed E-state index contributed by atoms with van der Waals surface area (Å²) < 4.78 is 6.07. The first kappa shape index (κ1) is 22.3. The zero-order valence-electron chi connectivity index (χ0n) is 19.0. The molecule has 1 heterocycles. The fraction of sp³-hybridized carbons (Fsp3) is 0.321. The largest absolute Gasteiger partial charge is 0.488 e. The molecule has 0 aromatic heterocycles. The minimum absolute atomic E-state index is 0.0533. The maximum Gasteiger partial charge on any atom is 0.269 e. The van der Waals surface area contributed by atoms with Crippen molar-refractivity contribution in [1.82, 2.24) is 4.90 Å². The van der Waals surface area contributed by atoms with Gasteiger partial charge in [0.05, 0.1) is 22.6 Å². The molecule has 3 atom stereocenters. The van der Waals surface area contributed by atoms with Crippen LogP contribution < -0.4 is 4.74 Å². The summed E-state index contributed by atoms with van der Waals surface area (Å²) in [4.78, 5) is 26.8. The molecule has 0 bridgehead atoms. The Hall–Kier alpha value is -3.51. The van der Waals surface area contributed by atoms with E-state index in [9.17, 15) is 14.9 Å². The molecule has 2 fully saturated rings. The Bertz CT molecular complexity index is 1160. The van der Waals surface area contributed by atoms with E-state index < -0.39 is 4.92 Å². The van der Waals surface area contributed by atoms with Crippen molar-refractivity contribution in [1.29, 1.82) is 0 Å². The van der Waals surface area contributed by atoms with E-state index in [4.69, 9.17) is 4.74 Å². The molecule has 174 valence electrons. The topological polar surface area (TPSA) is 72.5 Å². The third kappa shape index (κ3) is 4.59. The molecule has 0 amide bonds. The second-order valence-corrected chi connectivity index (χ2v) is 9.11. The van der Waals surface area contributed by atoms with Gasteiger partial charge in [-0.15, -0.1) is 0 Å². The lowest BCUT2D eigenvalue weighted by molar-refractivity contribution is -0.384. The average molecular weight is 457 g/mol. The fourth-order valence-electron chi connectivity index (χ4n) is 5.20. The third-order valence-electron chi connectivity index (χ3n) is 6.95. The molecule has 3 aromatic carbocycles. The number of rotatable bonds is 8. The minimum Gasteiger partial charge on any atom is -0.488 e. The lowest BCUT2D eigenvalue weighted by Crippen LogP contribution is -2.26. The van der Waals surface area contributed by atoms with Gasteiger partial charge < -0.3 is 4.74 Å². The van der Waals surface area contributed by atoms with Gasteiger partial charge in [0.15, 0.2) is 5.78 Å². The number of carbonyl (C=O) groups is 1. The number of carbonyl (C=O) groups excluding carboxylic acids is 1. The summed E-state index contributed by atoms with van der Waals surface area (Å²) >= 11 is 0. The van der Waals surface area contributed by atoms with Gasteiger partial charge in [-0.3, -0.25) is 19.8 Å². The summed E-state index contributed by atoms with van der Waals surface area (Å²) in [6.45, 7) is 0.397. The summed E-state index contributed by atoms with van der Waals surface area (Å²) in [5.41, 5.74) is 2.66. The first-order chi connectivity index (χ1) is 16.6. The standard InChI is InChI=1S/C28H28N2O4/c31-28(24-13-7-8-14-25(24)34-19-20-9-3-1-4-10-20)27-26(29(27)22-11-5-2-6-12-22)21-15-17-23(18-16-21)30(32)33/h1,3-4,7-10,13-18,22,26-27H,2,5-6,11-12,19H2. The predicted octanol–water partition coefficient (Wildman–Crippen LogP) is 6.11. The molecule has 2 aliphatic rings. The number of nitro benzene ring substituents is 1. The molecule has 5 rings (SSSR count). The number of nitro groups is 1. The summed E-state index contributed by atoms with van der Waals surface area (Å²) in [7, 11) is 0. The van der Waals surface area contributed by atoms with Gasteiger partial charge in [0, 0.05) is 18.2 Å². The number of ketones is 1. The molecule has 0 N–H and O–H groups in total. The number of hydrogen-bond acceptors (Lipinski definition) is 5. The van der Waals surface area contributed by atoms with Crippen molar-refractivity contribution >= 4 is 11.5 Å². The van der Waals surface area contributed by atoms with Crippen molar-refractivity contribution < 1.29 is 14.5 Å². The molecule has 1 aliphatic heterocycles. The Morgan fingerprint density at radius 1 is 0.912 bits per heavy atom. The van der Waals surface area contributed by atoms with Crippen molar-refractivity contribution in [2.45, 2.75) is 56.8 Å². The number of Topliss-reactive ketones (excluding diaryl/α,β-unsaturated/α-hetero) is 1. The lowest BCUT2D eigenvalue weighted by Gasteiger charge is -2.24. The van der Waals surface area contributed by atoms with Gasteiger partial charge in [-0.2, -0.15) is 0 Å². The Morgan fingerprint density at radius 2 is 1.59 bits per heavy atom. The van der Waals surface area contributed by atoms with E-state index in [1.165, 1.54) is 31.4 Å². The predicted molar refractivity (Wildman–Crippen MR) is 130 cm³/mol. The van der Waals surface area contributed by atoms with Crippen molar-refractivity contribution in [3.8, 4) is 5.75 Å². The molecule has 1 aliphatic carbocycles. The van der Waals surface area contributed by atoms with Gasteiger partial charge in [-0.25, -0.2) is 0 Å². The zero-order valence-corrected chi connectivity index (χ0v) is 19.0. The molecule has 3 unspecified atom stereocenters. The highest BCUT2D eigenvalue weighted by Crippen LogP contribution is 2.50. The third-order valence-corrected chi connectivity index (χ3v) is 6.95. The summed E-state index contributed by atoms with van der Waals surface area (Å²) in [6.07, 6.45) is 5.75. The highest BCUT2D eigenvalue weighted by atomic mass is 16.6. The molecular weight excluding hydrogens is 428 g/mol. The Labute approximate surface area is 199 Å². The molecule has 34 heavy (non-hydrogen) atoms. The van der Waals surface area contributed by atoms with Crippen LogP contribution in [-0.4, -0.2) is 27.7 Å². The van der Waals surface area contributed by atoms with E-state index >= 15 is 0 Å². The molecule has 1 saturated carbocycles. The Balaban J connectivity index is 1.40. The van der Waals surface area contributed by atoms with E-state index in [0.29, 0.717) is 24.0 Å². The van der Waals surface area contributed by atoms with Gasteiger partial charge in [0.2, 0.25) is 0 Å². The minimum atomic E-state index is -0.390. The number of ether oxygens (including phenoxy) is 1. The van der Waals surface area contributed by atoms with E-state index in [-0.39, 0.29) is 23.6 Å².